The van der Waals surface area contributed by atoms with Crippen molar-refractivity contribution in [2.75, 3.05) is 12.0 Å². The van der Waals surface area contributed by atoms with Crippen molar-refractivity contribution in [1.29, 1.82) is 0 Å². The molecule has 0 aliphatic rings. The first-order valence-corrected chi connectivity index (χ1v) is 7.48. The lowest BCUT2D eigenvalue weighted by molar-refractivity contribution is -0.385. The summed E-state index contributed by atoms with van der Waals surface area (Å²) in [5, 5.41) is 25.5. The lowest BCUT2D eigenvalue weighted by Crippen LogP contribution is -2.30. The van der Waals surface area contributed by atoms with E-state index in [1.807, 2.05) is 12.1 Å². The number of nitrogens with one attached hydrogen (secondary N) is 2. The summed E-state index contributed by atoms with van der Waals surface area (Å²) < 4.78 is 0.903. The molecule has 0 bridgehead atoms. The zero-order chi connectivity index (χ0) is 17.7. The minimum atomic E-state index is -1.53. The van der Waals surface area contributed by atoms with Crippen molar-refractivity contribution in [3.8, 4) is 0 Å². The Hall–Kier alpha value is -2.94. The summed E-state index contributed by atoms with van der Waals surface area (Å²) in [5.41, 5.74) is -0.787. The Bertz CT molecular complexity index is 792. The number of hydrogen-bond donors (Lipinski definition) is 3. The highest BCUT2D eigenvalue weighted by atomic mass is 79.9. The second-order valence-electron chi connectivity index (χ2n) is 4.63. The number of halogens is 1. The molecule has 0 atom stereocenters. The summed E-state index contributed by atoms with van der Waals surface area (Å²) in [6.07, 6.45) is 0. The van der Waals surface area contributed by atoms with Crippen molar-refractivity contribution in [2.24, 2.45) is 0 Å². The van der Waals surface area contributed by atoms with E-state index in [4.69, 9.17) is 5.11 Å². The van der Waals surface area contributed by atoms with Crippen LogP contribution in [0.4, 0.5) is 11.4 Å². The average Bonchev–Trinajstić information content (AvgIpc) is 2.55. The topological polar surface area (TPSA) is 122 Å². The van der Waals surface area contributed by atoms with Gasteiger partial charge in [0.2, 0.25) is 0 Å². The van der Waals surface area contributed by atoms with E-state index in [1.165, 1.54) is 12.1 Å². The van der Waals surface area contributed by atoms with Crippen molar-refractivity contribution in [3.63, 3.8) is 0 Å². The SMILES string of the molecule is O=C(NCNc1ccc(Br)cc1)c1cccc([N+](=O)[O-])c1C(=O)O. The van der Waals surface area contributed by atoms with Crippen molar-refractivity contribution in [1.82, 2.24) is 5.32 Å². The first-order chi connectivity index (χ1) is 11.4. The first-order valence-electron chi connectivity index (χ1n) is 6.68. The Morgan fingerprint density at radius 2 is 1.83 bits per heavy atom. The molecule has 124 valence electrons. The van der Waals surface area contributed by atoms with E-state index in [0.29, 0.717) is 0 Å². The van der Waals surface area contributed by atoms with Gasteiger partial charge in [0.15, 0.2) is 0 Å². The van der Waals surface area contributed by atoms with Crippen LogP contribution in [0.25, 0.3) is 0 Å². The predicted molar refractivity (Wildman–Crippen MR) is 90.2 cm³/mol. The number of benzene rings is 2. The molecule has 0 aromatic heterocycles. The fourth-order valence-electron chi connectivity index (χ4n) is 2.00. The van der Waals surface area contributed by atoms with Crippen LogP contribution in [0.2, 0.25) is 0 Å². The number of anilines is 1. The third kappa shape index (κ3) is 4.07. The van der Waals surface area contributed by atoms with Crippen LogP contribution in [0.15, 0.2) is 46.9 Å². The quantitative estimate of drug-likeness (QED) is 0.394. The molecule has 0 fully saturated rings. The van der Waals surface area contributed by atoms with Crippen LogP contribution in [0.5, 0.6) is 0 Å². The number of amides is 1. The standard InChI is InChI=1S/C15H12BrN3O5/c16-9-4-6-10(7-5-9)17-8-18-14(20)11-2-1-3-12(19(23)24)13(11)15(21)22/h1-7,17H,8H2,(H,18,20)(H,21,22). The molecule has 8 nitrogen and oxygen atoms in total. The number of carbonyl (C=O) groups is 2. The molecule has 24 heavy (non-hydrogen) atoms. The van der Waals surface area contributed by atoms with E-state index in [2.05, 4.69) is 26.6 Å². The molecule has 2 rings (SSSR count). The summed E-state index contributed by atoms with van der Waals surface area (Å²) in [6.45, 7) is 0.0300. The van der Waals surface area contributed by atoms with E-state index in [9.17, 15) is 19.7 Å². The molecule has 0 radical (unpaired) electrons. The Morgan fingerprint density at radius 1 is 1.17 bits per heavy atom. The molecule has 2 aromatic rings. The van der Waals surface area contributed by atoms with Crippen molar-refractivity contribution < 1.29 is 19.6 Å². The van der Waals surface area contributed by atoms with Crippen LogP contribution >= 0.6 is 15.9 Å². The lowest BCUT2D eigenvalue weighted by Gasteiger charge is -2.10. The van der Waals surface area contributed by atoms with Crippen molar-refractivity contribution in [3.05, 3.63) is 68.2 Å². The van der Waals surface area contributed by atoms with Crippen LogP contribution in [0, 0.1) is 10.1 Å². The van der Waals surface area contributed by atoms with Gasteiger partial charge in [0.25, 0.3) is 11.6 Å². The van der Waals surface area contributed by atoms with Gasteiger partial charge in [-0.1, -0.05) is 22.0 Å². The monoisotopic (exact) mass is 393 g/mol. The third-order valence-corrected chi connectivity index (χ3v) is 3.61. The molecular weight excluding hydrogens is 382 g/mol. The molecule has 0 heterocycles. The molecule has 9 heteroatoms. The number of carbonyl (C=O) groups excluding carboxylic acids is 1. The van der Waals surface area contributed by atoms with E-state index in [-0.39, 0.29) is 12.2 Å². The molecule has 2 aromatic carbocycles. The molecule has 0 aliphatic heterocycles. The summed E-state index contributed by atoms with van der Waals surface area (Å²) in [4.78, 5) is 33.5. The van der Waals surface area contributed by atoms with Gasteiger partial charge in [0.05, 0.1) is 17.2 Å². The summed E-state index contributed by atoms with van der Waals surface area (Å²) in [5.74, 6) is -2.26. The minimum Gasteiger partial charge on any atom is -0.477 e. The smallest absolute Gasteiger partial charge is 0.343 e. The number of carboxylic acids is 1. The minimum absolute atomic E-state index is 0.0300. The number of hydrogen-bond acceptors (Lipinski definition) is 5. The average molecular weight is 394 g/mol. The fraction of sp³-hybridized carbons (Fsp3) is 0.0667. The summed E-state index contributed by atoms with van der Waals surface area (Å²) >= 11 is 3.30. The molecular formula is C15H12BrN3O5. The number of nitrogens with zero attached hydrogens (tertiary/aromatic N) is 1. The molecule has 0 saturated heterocycles. The van der Waals surface area contributed by atoms with Crippen LogP contribution in [0.1, 0.15) is 20.7 Å². The van der Waals surface area contributed by atoms with Gasteiger partial charge in [-0.25, -0.2) is 4.79 Å². The Kier molecular flexibility index (Phi) is 5.48. The normalized spacial score (nSPS) is 10.0. The van der Waals surface area contributed by atoms with Gasteiger partial charge in [0.1, 0.15) is 5.56 Å². The van der Waals surface area contributed by atoms with E-state index >= 15 is 0 Å². The Labute approximate surface area is 144 Å². The highest BCUT2D eigenvalue weighted by molar-refractivity contribution is 9.10. The number of nitro benzene ring substituents is 1. The van der Waals surface area contributed by atoms with Gasteiger partial charge in [-0.3, -0.25) is 14.9 Å². The molecule has 0 spiro atoms. The lowest BCUT2D eigenvalue weighted by atomic mass is 10.0. The first kappa shape index (κ1) is 17.4. The van der Waals surface area contributed by atoms with Gasteiger partial charge in [-0.05, 0) is 30.3 Å². The van der Waals surface area contributed by atoms with E-state index < -0.39 is 28.1 Å². The number of rotatable bonds is 6. The zero-order valence-electron chi connectivity index (χ0n) is 12.2. The number of carboxylic acid groups (broad SMARTS) is 1. The molecule has 0 unspecified atom stereocenters. The molecule has 0 aliphatic carbocycles. The van der Waals surface area contributed by atoms with Gasteiger partial charge in [0, 0.05) is 16.2 Å². The van der Waals surface area contributed by atoms with E-state index in [0.717, 1.165) is 16.2 Å². The van der Waals surface area contributed by atoms with Crippen LogP contribution in [0.3, 0.4) is 0 Å². The third-order valence-electron chi connectivity index (χ3n) is 3.08. The van der Waals surface area contributed by atoms with Crippen LogP contribution < -0.4 is 10.6 Å². The predicted octanol–water partition coefficient (Wildman–Crippen LogP) is 2.85. The second-order valence-corrected chi connectivity index (χ2v) is 5.54. The second kappa shape index (κ2) is 7.55. The maximum atomic E-state index is 12.1. The van der Waals surface area contributed by atoms with Gasteiger partial charge < -0.3 is 15.7 Å². The maximum Gasteiger partial charge on any atom is 0.343 e. The molecule has 3 N–H and O–H groups in total. The Morgan fingerprint density at radius 3 is 2.42 bits per heavy atom. The van der Waals surface area contributed by atoms with Gasteiger partial charge >= 0.3 is 5.97 Å². The molecule has 1 amide bonds. The summed E-state index contributed by atoms with van der Waals surface area (Å²) in [7, 11) is 0. The van der Waals surface area contributed by atoms with Crippen molar-refractivity contribution in [2.45, 2.75) is 0 Å². The zero-order valence-corrected chi connectivity index (χ0v) is 13.7. The highest BCUT2D eigenvalue weighted by Crippen LogP contribution is 2.22. The van der Waals surface area contributed by atoms with Crippen LogP contribution in [-0.4, -0.2) is 28.6 Å². The van der Waals surface area contributed by atoms with Gasteiger partial charge in [-0.2, -0.15) is 0 Å². The van der Waals surface area contributed by atoms with Gasteiger partial charge in [-0.15, -0.1) is 0 Å². The largest absolute Gasteiger partial charge is 0.477 e. The maximum absolute atomic E-state index is 12.1. The highest BCUT2D eigenvalue weighted by Gasteiger charge is 2.26. The summed E-state index contributed by atoms with van der Waals surface area (Å²) in [6, 6.07) is 10.7. The Balaban J connectivity index is 2.12. The fourth-order valence-corrected chi connectivity index (χ4v) is 2.26. The molecule has 0 saturated carbocycles. The van der Waals surface area contributed by atoms with Crippen LogP contribution in [-0.2, 0) is 0 Å². The number of nitro groups is 1. The number of aromatic carboxylic acids is 1. The van der Waals surface area contributed by atoms with Crippen molar-refractivity contribution >= 4 is 39.2 Å². The van der Waals surface area contributed by atoms with E-state index in [1.54, 1.807) is 12.1 Å².